The molecule has 3 N–H and O–H groups in total. The number of esters is 1. The first-order valence-electron chi connectivity index (χ1n) is 8.63. The highest BCUT2D eigenvalue weighted by Gasteiger charge is 2.17. The molecule has 0 amide bonds. The number of ether oxygens (including phenoxy) is 1. The standard InChI is InChI=1S/C19H25N3O3/c1-25-19(24)18-10-14(12-21-18)11-20-17-5-3-2-4-15(17)13-22-8-6-16(23)7-9-22/h2-5,10,12,16,20-21,23H,6-9,11,13H2,1H3. The van der Waals surface area contributed by atoms with E-state index in [9.17, 15) is 9.90 Å². The van der Waals surface area contributed by atoms with E-state index in [2.05, 4.69) is 27.3 Å². The predicted octanol–water partition coefficient (Wildman–Crippen LogP) is 2.37. The van der Waals surface area contributed by atoms with E-state index in [1.54, 1.807) is 6.07 Å². The molecule has 2 heterocycles. The van der Waals surface area contributed by atoms with Gasteiger partial charge in [0, 0.05) is 38.1 Å². The Hall–Kier alpha value is -2.31. The Morgan fingerprint density at radius 2 is 2.12 bits per heavy atom. The number of piperidine rings is 1. The number of carbonyl (C=O) groups excluding carboxylic acids is 1. The van der Waals surface area contributed by atoms with Crippen molar-refractivity contribution >= 4 is 11.7 Å². The van der Waals surface area contributed by atoms with Crippen LogP contribution in [-0.2, 0) is 17.8 Å². The Morgan fingerprint density at radius 3 is 2.88 bits per heavy atom. The molecule has 1 fully saturated rings. The molecule has 1 aliphatic heterocycles. The molecule has 6 heteroatoms. The second kappa shape index (κ2) is 8.18. The normalized spacial score (nSPS) is 15.9. The molecule has 1 aliphatic rings. The van der Waals surface area contributed by atoms with Crippen LogP contribution in [0.25, 0.3) is 0 Å². The maximum atomic E-state index is 11.5. The number of aromatic amines is 1. The number of hydrogen-bond acceptors (Lipinski definition) is 5. The van der Waals surface area contributed by atoms with Crippen LogP contribution in [0.5, 0.6) is 0 Å². The average molecular weight is 343 g/mol. The zero-order chi connectivity index (χ0) is 17.6. The van der Waals surface area contributed by atoms with E-state index in [4.69, 9.17) is 4.74 Å². The summed E-state index contributed by atoms with van der Waals surface area (Å²) in [6, 6.07) is 10.1. The first-order valence-corrected chi connectivity index (χ1v) is 8.63. The summed E-state index contributed by atoms with van der Waals surface area (Å²) in [5.41, 5.74) is 3.79. The van der Waals surface area contributed by atoms with Crippen molar-refractivity contribution in [1.29, 1.82) is 0 Å². The topological polar surface area (TPSA) is 77.6 Å². The number of benzene rings is 1. The summed E-state index contributed by atoms with van der Waals surface area (Å²) in [6.07, 6.45) is 3.35. The number of aromatic nitrogens is 1. The maximum Gasteiger partial charge on any atom is 0.354 e. The van der Waals surface area contributed by atoms with Gasteiger partial charge in [-0.2, -0.15) is 0 Å². The molecule has 25 heavy (non-hydrogen) atoms. The maximum absolute atomic E-state index is 11.5. The molecule has 1 saturated heterocycles. The molecule has 0 spiro atoms. The molecule has 1 aromatic heterocycles. The minimum absolute atomic E-state index is 0.151. The fourth-order valence-electron chi connectivity index (χ4n) is 3.12. The average Bonchev–Trinajstić information content (AvgIpc) is 3.11. The van der Waals surface area contributed by atoms with Gasteiger partial charge in [-0.1, -0.05) is 18.2 Å². The summed E-state index contributed by atoms with van der Waals surface area (Å²) >= 11 is 0. The highest BCUT2D eigenvalue weighted by atomic mass is 16.5. The molecular weight excluding hydrogens is 318 g/mol. The Balaban J connectivity index is 1.61. The zero-order valence-electron chi connectivity index (χ0n) is 14.5. The van der Waals surface area contributed by atoms with E-state index in [0.29, 0.717) is 12.2 Å². The van der Waals surface area contributed by atoms with Crippen LogP contribution in [0.4, 0.5) is 5.69 Å². The van der Waals surface area contributed by atoms with Crippen molar-refractivity contribution in [3.8, 4) is 0 Å². The fourth-order valence-corrected chi connectivity index (χ4v) is 3.12. The molecule has 2 aromatic rings. The van der Waals surface area contributed by atoms with Gasteiger partial charge in [-0.05, 0) is 36.1 Å². The lowest BCUT2D eigenvalue weighted by Gasteiger charge is -2.30. The lowest BCUT2D eigenvalue weighted by atomic mass is 10.1. The van der Waals surface area contributed by atoms with E-state index in [-0.39, 0.29) is 12.1 Å². The first kappa shape index (κ1) is 17.5. The lowest BCUT2D eigenvalue weighted by Crippen LogP contribution is -2.35. The smallest absolute Gasteiger partial charge is 0.354 e. The number of H-pyrrole nitrogens is 1. The van der Waals surface area contributed by atoms with E-state index in [1.165, 1.54) is 12.7 Å². The minimum atomic E-state index is -0.362. The monoisotopic (exact) mass is 343 g/mol. The van der Waals surface area contributed by atoms with Crippen molar-refractivity contribution in [1.82, 2.24) is 9.88 Å². The number of likely N-dealkylation sites (tertiary alicyclic amines) is 1. The summed E-state index contributed by atoms with van der Waals surface area (Å²) in [5, 5.41) is 13.1. The SMILES string of the molecule is COC(=O)c1cc(CNc2ccccc2CN2CCC(O)CC2)c[nH]1. The number of methoxy groups -OCH3 is 1. The van der Waals surface area contributed by atoms with Crippen molar-refractivity contribution in [2.75, 3.05) is 25.5 Å². The highest BCUT2D eigenvalue weighted by molar-refractivity contribution is 5.87. The summed E-state index contributed by atoms with van der Waals surface area (Å²) < 4.78 is 4.71. The van der Waals surface area contributed by atoms with Crippen LogP contribution >= 0.6 is 0 Å². The van der Waals surface area contributed by atoms with Crippen LogP contribution in [0.1, 0.15) is 34.5 Å². The fraction of sp³-hybridized carbons (Fsp3) is 0.421. The third-order valence-electron chi connectivity index (χ3n) is 4.60. The van der Waals surface area contributed by atoms with Crippen molar-refractivity contribution in [3.05, 3.63) is 53.3 Å². The Morgan fingerprint density at radius 1 is 1.36 bits per heavy atom. The molecule has 0 bridgehead atoms. The van der Waals surface area contributed by atoms with E-state index in [0.717, 1.165) is 43.7 Å². The molecule has 134 valence electrons. The Kier molecular flexibility index (Phi) is 5.73. The number of rotatable bonds is 6. The molecule has 0 saturated carbocycles. The number of nitrogens with zero attached hydrogens (tertiary/aromatic N) is 1. The van der Waals surface area contributed by atoms with E-state index >= 15 is 0 Å². The number of aliphatic hydroxyl groups is 1. The van der Waals surface area contributed by atoms with Gasteiger partial charge in [-0.25, -0.2) is 4.79 Å². The summed E-state index contributed by atoms with van der Waals surface area (Å²) in [6.45, 7) is 3.35. The quantitative estimate of drug-likeness (QED) is 0.702. The van der Waals surface area contributed by atoms with Crippen molar-refractivity contribution in [3.63, 3.8) is 0 Å². The van der Waals surface area contributed by atoms with Gasteiger partial charge < -0.3 is 20.1 Å². The van der Waals surface area contributed by atoms with Crippen LogP contribution in [0.3, 0.4) is 0 Å². The molecular formula is C19H25N3O3. The van der Waals surface area contributed by atoms with Crippen LogP contribution < -0.4 is 5.32 Å². The molecule has 3 rings (SSSR count). The second-order valence-electron chi connectivity index (χ2n) is 6.43. The summed E-state index contributed by atoms with van der Waals surface area (Å²) in [7, 11) is 1.37. The molecule has 0 aliphatic carbocycles. The van der Waals surface area contributed by atoms with Gasteiger partial charge in [0.1, 0.15) is 5.69 Å². The molecule has 6 nitrogen and oxygen atoms in total. The van der Waals surface area contributed by atoms with Crippen LogP contribution in [0.15, 0.2) is 36.5 Å². The number of anilines is 1. The minimum Gasteiger partial charge on any atom is -0.464 e. The number of aliphatic hydroxyl groups excluding tert-OH is 1. The molecule has 0 unspecified atom stereocenters. The van der Waals surface area contributed by atoms with Crippen LogP contribution in [-0.4, -0.2) is 47.3 Å². The molecule has 0 radical (unpaired) electrons. The van der Waals surface area contributed by atoms with Crippen molar-refractivity contribution in [2.24, 2.45) is 0 Å². The Labute approximate surface area is 147 Å². The number of nitrogens with one attached hydrogen (secondary N) is 2. The predicted molar refractivity (Wildman–Crippen MR) is 96.4 cm³/mol. The van der Waals surface area contributed by atoms with Gasteiger partial charge >= 0.3 is 5.97 Å². The number of para-hydroxylation sites is 1. The van der Waals surface area contributed by atoms with Gasteiger partial charge in [-0.3, -0.25) is 4.90 Å². The largest absolute Gasteiger partial charge is 0.464 e. The van der Waals surface area contributed by atoms with Crippen LogP contribution in [0, 0.1) is 0 Å². The molecule has 0 atom stereocenters. The first-order chi connectivity index (χ1) is 12.2. The van der Waals surface area contributed by atoms with Gasteiger partial charge in [0.05, 0.1) is 13.2 Å². The third-order valence-corrected chi connectivity index (χ3v) is 4.60. The lowest BCUT2D eigenvalue weighted by molar-refractivity contribution is 0.0594. The number of hydrogen-bond donors (Lipinski definition) is 3. The van der Waals surface area contributed by atoms with Gasteiger partial charge in [0.2, 0.25) is 0 Å². The van der Waals surface area contributed by atoms with Gasteiger partial charge in [0.25, 0.3) is 0 Å². The summed E-state index contributed by atoms with van der Waals surface area (Å²) in [4.78, 5) is 16.8. The van der Waals surface area contributed by atoms with E-state index in [1.807, 2.05) is 18.3 Å². The van der Waals surface area contributed by atoms with Crippen molar-refractivity contribution in [2.45, 2.75) is 32.0 Å². The zero-order valence-corrected chi connectivity index (χ0v) is 14.5. The van der Waals surface area contributed by atoms with Gasteiger partial charge in [-0.15, -0.1) is 0 Å². The van der Waals surface area contributed by atoms with Gasteiger partial charge in [0.15, 0.2) is 0 Å². The van der Waals surface area contributed by atoms with Crippen molar-refractivity contribution < 1.29 is 14.6 Å². The Bertz CT molecular complexity index is 705. The number of carbonyl (C=O) groups is 1. The molecule has 1 aromatic carbocycles. The van der Waals surface area contributed by atoms with E-state index < -0.39 is 0 Å². The summed E-state index contributed by atoms with van der Waals surface area (Å²) in [5.74, 6) is -0.362. The second-order valence-corrected chi connectivity index (χ2v) is 6.43. The van der Waals surface area contributed by atoms with Crippen LogP contribution in [0.2, 0.25) is 0 Å². The highest BCUT2D eigenvalue weighted by Crippen LogP contribution is 2.21. The third kappa shape index (κ3) is 4.61.